The van der Waals surface area contributed by atoms with Gasteiger partial charge in [-0.05, 0) is 37.1 Å². The van der Waals surface area contributed by atoms with Crippen LogP contribution in [0.1, 0.15) is 29.4 Å². The van der Waals surface area contributed by atoms with E-state index in [0.29, 0.717) is 12.0 Å². The standard InChI is InChI=1S/C13H17NO2S/c1-9-7-10-4-5-14(8-11(10)16-9)13(15)12-3-2-6-17-12/h2-3,6,9-11H,4-5,7-8H2,1H3/t9-,10+,11-/m1/s1. The highest BCUT2D eigenvalue weighted by molar-refractivity contribution is 7.12. The van der Waals surface area contributed by atoms with Crippen LogP contribution in [0.25, 0.3) is 0 Å². The smallest absolute Gasteiger partial charge is 0.264 e. The minimum Gasteiger partial charge on any atom is -0.373 e. The Hall–Kier alpha value is -0.870. The van der Waals surface area contributed by atoms with E-state index in [2.05, 4.69) is 6.92 Å². The molecule has 1 amide bonds. The SMILES string of the molecule is C[C@@H]1C[C@@H]2CCN(C(=O)c3cccs3)C[C@H]2O1. The van der Waals surface area contributed by atoms with Crippen molar-refractivity contribution < 1.29 is 9.53 Å². The lowest BCUT2D eigenvalue weighted by molar-refractivity contribution is 0.00172. The summed E-state index contributed by atoms with van der Waals surface area (Å²) < 4.78 is 5.87. The number of rotatable bonds is 1. The number of thiophene rings is 1. The van der Waals surface area contributed by atoms with E-state index in [1.54, 1.807) is 0 Å². The Kier molecular flexibility index (Phi) is 2.92. The van der Waals surface area contributed by atoms with Crippen molar-refractivity contribution in [3.8, 4) is 0 Å². The lowest BCUT2D eigenvalue weighted by atomic mass is 9.92. The summed E-state index contributed by atoms with van der Waals surface area (Å²) in [7, 11) is 0. The molecule has 2 aliphatic rings. The summed E-state index contributed by atoms with van der Waals surface area (Å²) in [5.41, 5.74) is 0. The average Bonchev–Trinajstić information content (AvgIpc) is 2.94. The van der Waals surface area contributed by atoms with Crippen LogP contribution in [0.4, 0.5) is 0 Å². The van der Waals surface area contributed by atoms with Gasteiger partial charge in [-0.15, -0.1) is 11.3 Å². The van der Waals surface area contributed by atoms with Gasteiger partial charge in [0.1, 0.15) is 0 Å². The lowest BCUT2D eigenvalue weighted by Gasteiger charge is -2.33. The van der Waals surface area contributed by atoms with E-state index in [4.69, 9.17) is 4.74 Å². The number of piperidine rings is 1. The van der Waals surface area contributed by atoms with E-state index in [0.717, 1.165) is 30.8 Å². The molecule has 0 N–H and O–H groups in total. The van der Waals surface area contributed by atoms with E-state index < -0.39 is 0 Å². The van der Waals surface area contributed by atoms with Gasteiger partial charge < -0.3 is 9.64 Å². The first kappa shape index (κ1) is 11.2. The van der Waals surface area contributed by atoms with Crippen LogP contribution in [0.15, 0.2) is 17.5 Å². The number of ether oxygens (including phenoxy) is 1. The first-order valence-corrected chi connectivity index (χ1v) is 7.10. The number of fused-ring (bicyclic) bond motifs is 1. The quantitative estimate of drug-likeness (QED) is 0.767. The number of hydrogen-bond donors (Lipinski definition) is 0. The van der Waals surface area contributed by atoms with E-state index in [9.17, 15) is 4.79 Å². The number of carbonyl (C=O) groups excluding carboxylic acids is 1. The Labute approximate surface area is 105 Å². The van der Waals surface area contributed by atoms with Gasteiger partial charge in [-0.25, -0.2) is 0 Å². The fourth-order valence-electron chi connectivity index (χ4n) is 2.91. The molecular weight excluding hydrogens is 234 g/mol. The fourth-order valence-corrected chi connectivity index (χ4v) is 3.60. The van der Waals surface area contributed by atoms with E-state index in [1.165, 1.54) is 11.3 Å². The van der Waals surface area contributed by atoms with Crippen LogP contribution in [-0.4, -0.2) is 36.1 Å². The number of amides is 1. The summed E-state index contributed by atoms with van der Waals surface area (Å²) in [6, 6.07) is 3.83. The zero-order valence-electron chi connectivity index (χ0n) is 9.96. The second kappa shape index (κ2) is 4.42. The molecule has 3 atom stereocenters. The normalized spacial score (nSPS) is 32.5. The minimum atomic E-state index is 0.168. The molecular formula is C13H17NO2S. The molecule has 17 heavy (non-hydrogen) atoms. The van der Waals surface area contributed by atoms with Gasteiger partial charge in [0.25, 0.3) is 5.91 Å². The van der Waals surface area contributed by atoms with Crippen molar-refractivity contribution in [1.29, 1.82) is 0 Å². The zero-order valence-corrected chi connectivity index (χ0v) is 10.8. The van der Waals surface area contributed by atoms with Crippen molar-refractivity contribution >= 4 is 17.2 Å². The molecule has 3 heterocycles. The second-order valence-corrected chi connectivity index (χ2v) is 5.95. The van der Waals surface area contributed by atoms with Gasteiger partial charge in [-0.1, -0.05) is 6.07 Å². The molecule has 0 aromatic carbocycles. The summed E-state index contributed by atoms with van der Waals surface area (Å²) in [5.74, 6) is 0.832. The van der Waals surface area contributed by atoms with Crippen LogP contribution in [0, 0.1) is 5.92 Å². The molecule has 92 valence electrons. The molecule has 3 nitrogen and oxygen atoms in total. The molecule has 2 fully saturated rings. The minimum absolute atomic E-state index is 0.168. The summed E-state index contributed by atoms with van der Waals surface area (Å²) in [6.07, 6.45) is 2.88. The van der Waals surface area contributed by atoms with Crippen LogP contribution >= 0.6 is 11.3 Å². The molecule has 2 aliphatic heterocycles. The summed E-state index contributed by atoms with van der Waals surface area (Å²) in [5, 5.41) is 1.95. The molecule has 0 unspecified atom stereocenters. The van der Waals surface area contributed by atoms with Crippen LogP contribution in [0.5, 0.6) is 0 Å². The largest absolute Gasteiger partial charge is 0.373 e. The van der Waals surface area contributed by atoms with Crippen molar-refractivity contribution in [1.82, 2.24) is 4.90 Å². The molecule has 3 rings (SSSR count). The van der Waals surface area contributed by atoms with Crippen molar-refractivity contribution in [2.45, 2.75) is 32.0 Å². The third-order valence-electron chi connectivity index (χ3n) is 3.76. The Morgan fingerprint density at radius 1 is 1.59 bits per heavy atom. The molecule has 1 aromatic rings. The predicted molar refractivity (Wildman–Crippen MR) is 67.3 cm³/mol. The van der Waals surface area contributed by atoms with Gasteiger partial charge in [0.15, 0.2) is 0 Å². The highest BCUT2D eigenvalue weighted by atomic mass is 32.1. The van der Waals surface area contributed by atoms with Crippen molar-refractivity contribution in [3.05, 3.63) is 22.4 Å². The first-order chi connectivity index (χ1) is 8.24. The molecule has 0 aliphatic carbocycles. The Morgan fingerprint density at radius 3 is 3.24 bits per heavy atom. The summed E-state index contributed by atoms with van der Waals surface area (Å²) >= 11 is 1.52. The van der Waals surface area contributed by atoms with Crippen molar-refractivity contribution in [2.24, 2.45) is 5.92 Å². The zero-order chi connectivity index (χ0) is 11.8. The van der Waals surface area contributed by atoms with Crippen LogP contribution < -0.4 is 0 Å². The van der Waals surface area contributed by atoms with Crippen LogP contribution in [-0.2, 0) is 4.74 Å². The molecule has 1 aromatic heterocycles. The Morgan fingerprint density at radius 2 is 2.47 bits per heavy atom. The van der Waals surface area contributed by atoms with Gasteiger partial charge in [0, 0.05) is 13.1 Å². The predicted octanol–water partition coefficient (Wildman–Crippen LogP) is 2.39. The molecule has 0 spiro atoms. The molecule has 2 saturated heterocycles. The Balaban J connectivity index is 1.69. The summed E-state index contributed by atoms with van der Waals surface area (Å²) in [6.45, 7) is 3.78. The van der Waals surface area contributed by atoms with Gasteiger partial charge in [-0.2, -0.15) is 0 Å². The molecule has 0 saturated carbocycles. The summed E-state index contributed by atoms with van der Waals surface area (Å²) in [4.78, 5) is 15.0. The van der Waals surface area contributed by atoms with Gasteiger partial charge in [0.2, 0.25) is 0 Å². The maximum Gasteiger partial charge on any atom is 0.264 e. The van der Waals surface area contributed by atoms with Gasteiger partial charge >= 0.3 is 0 Å². The monoisotopic (exact) mass is 251 g/mol. The third-order valence-corrected chi connectivity index (χ3v) is 4.61. The van der Waals surface area contributed by atoms with Crippen LogP contribution in [0.2, 0.25) is 0 Å². The fraction of sp³-hybridized carbons (Fsp3) is 0.615. The average molecular weight is 251 g/mol. The van der Waals surface area contributed by atoms with Crippen molar-refractivity contribution in [2.75, 3.05) is 13.1 Å². The number of nitrogens with zero attached hydrogens (tertiary/aromatic N) is 1. The van der Waals surface area contributed by atoms with Gasteiger partial charge in [-0.3, -0.25) is 4.79 Å². The maximum atomic E-state index is 12.2. The highest BCUT2D eigenvalue weighted by Gasteiger charge is 2.38. The lowest BCUT2D eigenvalue weighted by Crippen LogP contribution is -2.45. The third kappa shape index (κ3) is 2.11. The van der Waals surface area contributed by atoms with Gasteiger partial charge in [0.05, 0.1) is 17.1 Å². The Bertz CT molecular complexity index is 404. The highest BCUT2D eigenvalue weighted by Crippen LogP contribution is 2.33. The molecule has 0 radical (unpaired) electrons. The second-order valence-electron chi connectivity index (χ2n) is 5.00. The maximum absolute atomic E-state index is 12.2. The van der Waals surface area contributed by atoms with E-state index in [1.807, 2.05) is 22.4 Å². The number of likely N-dealkylation sites (tertiary alicyclic amines) is 1. The number of carbonyl (C=O) groups is 1. The van der Waals surface area contributed by atoms with E-state index >= 15 is 0 Å². The van der Waals surface area contributed by atoms with Crippen LogP contribution in [0.3, 0.4) is 0 Å². The molecule has 0 bridgehead atoms. The topological polar surface area (TPSA) is 29.5 Å². The van der Waals surface area contributed by atoms with Crippen molar-refractivity contribution in [3.63, 3.8) is 0 Å². The van der Waals surface area contributed by atoms with E-state index in [-0.39, 0.29) is 12.0 Å². The molecule has 4 heteroatoms. The number of hydrogen-bond acceptors (Lipinski definition) is 3. The first-order valence-electron chi connectivity index (χ1n) is 6.22.